The molecule has 1 unspecified atom stereocenters. The van der Waals surface area contributed by atoms with Crippen LogP contribution in [0, 0.1) is 0 Å². The van der Waals surface area contributed by atoms with Gasteiger partial charge >= 0.3 is 0 Å². The molecule has 0 aliphatic carbocycles. The van der Waals surface area contributed by atoms with Crippen molar-refractivity contribution in [3.63, 3.8) is 0 Å². The minimum atomic E-state index is -3.85. The van der Waals surface area contributed by atoms with E-state index < -0.39 is 16.1 Å². The van der Waals surface area contributed by atoms with Crippen LogP contribution in [0.2, 0.25) is 5.15 Å². The number of amides is 1. The number of rotatable bonds is 5. The zero-order valence-corrected chi connectivity index (χ0v) is 14.4. The number of carbonyl (C=O) groups is 1. The van der Waals surface area contributed by atoms with E-state index in [0.717, 1.165) is 0 Å². The molecule has 1 heterocycles. The summed E-state index contributed by atoms with van der Waals surface area (Å²) >= 11 is 5.94. The van der Waals surface area contributed by atoms with Crippen LogP contribution in [0.4, 0.5) is 5.69 Å². The molecule has 2 N–H and O–H groups in total. The molecular formula is C14H17ClN4O3S. The van der Waals surface area contributed by atoms with E-state index in [1.807, 2.05) is 0 Å². The van der Waals surface area contributed by atoms with E-state index in [1.165, 1.54) is 17.8 Å². The number of aromatic nitrogens is 2. The Labute approximate surface area is 139 Å². The second kappa shape index (κ2) is 6.69. The van der Waals surface area contributed by atoms with Gasteiger partial charge in [-0.25, -0.2) is 18.1 Å². The summed E-state index contributed by atoms with van der Waals surface area (Å²) in [6.07, 6.45) is 1.33. The highest BCUT2D eigenvalue weighted by molar-refractivity contribution is 7.89. The second-order valence-corrected chi connectivity index (χ2v) is 7.09. The van der Waals surface area contributed by atoms with Crippen molar-refractivity contribution in [3.8, 4) is 0 Å². The molecule has 23 heavy (non-hydrogen) atoms. The molecule has 1 aromatic carbocycles. The van der Waals surface area contributed by atoms with Crippen molar-refractivity contribution < 1.29 is 13.2 Å². The first-order chi connectivity index (χ1) is 10.7. The zero-order valence-electron chi connectivity index (χ0n) is 12.9. The van der Waals surface area contributed by atoms with E-state index in [2.05, 4.69) is 15.0 Å². The van der Waals surface area contributed by atoms with Gasteiger partial charge in [-0.2, -0.15) is 0 Å². The van der Waals surface area contributed by atoms with Gasteiger partial charge in [-0.05, 0) is 24.6 Å². The topological polar surface area (TPSA) is 93.1 Å². The monoisotopic (exact) mass is 356 g/mol. The number of carbonyl (C=O) groups excluding carboxylic acids is 1. The molecule has 0 aliphatic heterocycles. The highest BCUT2D eigenvalue weighted by Gasteiger charge is 2.24. The molecule has 7 nitrogen and oxygen atoms in total. The number of nitrogens with zero attached hydrogens (tertiary/aromatic N) is 2. The Morgan fingerprint density at radius 2 is 2.09 bits per heavy atom. The lowest BCUT2D eigenvalue weighted by Gasteiger charge is -2.15. The molecule has 1 atom stereocenters. The van der Waals surface area contributed by atoms with Crippen molar-refractivity contribution in [2.45, 2.75) is 24.9 Å². The molecule has 1 amide bonds. The third-order valence-electron chi connectivity index (χ3n) is 3.13. The molecular weight excluding hydrogens is 340 g/mol. The number of sulfonamides is 1. The van der Waals surface area contributed by atoms with Crippen LogP contribution < -0.4 is 10.0 Å². The lowest BCUT2D eigenvalue weighted by atomic mass is 10.1. The zero-order chi connectivity index (χ0) is 17.2. The standard InChI is InChI=1S/C14H17ClN4O3S/c1-9(11-5-4-6-12(7-11)17-10(2)20)18-23(21,22)14-13(15)19(3)8-16-14/h4-9,18H,1-3H3,(H,17,20). The predicted molar refractivity (Wildman–Crippen MR) is 87.7 cm³/mol. The Morgan fingerprint density at radius 1 is 1.39 bits per heavy atom. The van der Waals surface area contributed by atoms with Crippen LogP contribution in [0.15, 0.2) is 35.6 Å². The lowest BCUT2D eigenvalue weighted by Crippen LogP contribution is -2.27. The average Bonchev–Trinajstić information content (AvgIpc) is 2.78. The number of imidazole rings is 1. The quantitative estimate of drug-likeness (QED) is 0.857. The number of benzene rings is 1. The van der Waals surface area contributed by atoms with Gasteiger partial charge in [-0.1, -0.05) is 23.7 Å². The van der Waals surface area contributed by atoms with Crippen molar-refractivity contribution >= 4 is 33.2 Å². The lowest BCUT2D eigenvalue weighted by molar-refractivity contribution is -0.114. The number of hydrogen-bond donors (Lipinski definition) is 2. The maximum absolute atomic E-state index is 12.4. The first kappa shape index (κ1) is 17.5. The molecule has 2 rings (SSSR count). The summed E-state index contributed by atoms with van der Waals surface area (Å²) in [5, 5.41) is 2.48. The smallest absolute Gasteiger partial charge is 0.261 e. The summed E-state index contributed by atoms with van der Waals surface area (Å²) in [6, 6.07) is 6.40. The highest BCUT2D eigenvalue weighted by Crippen LogP contribution is 2.23. The van der Waals surface area contributed by atoms with Crippen LogP contribution in [-0.4, -0.2) is 23.9 Å². The third-order valence-corrected chi connectivity index (χ3v) is 5.16. The number of nitrogens with one attached hydrogen (secondary N) is 2. The summed E-state index contributed by atoms with van der Waals surface area (Å²) in [5.41, 5.74) is 1.30. The van der Waals surface area contributed by atoms with E-state index in [9.17, 15) is 13.2 Å². The Morgan fingerprint density at radius 3 is 2.65 bits per heavy atom. The van der Waals surface area contributed by atoms with Gasteiger partial charge in [0.05, 0.1) is 6.33 Å². The maximum Gasteiger partial charge on any atom is 0.261 e. The first-order valence-corrected chi connectivity index (χ1v) is 8.63. The normalized spacial score (nSPS) is 12.9. The van der Waals surface area contributed by atoms with E-state index in [0.29, 0.717) is 11.3 Å². The minimum Gasteiger partial charge on any atom is -0.326 e. The number of aryl methyl sites for hydroxylation is 1. The van der Waals surface area contributed by atoms with Crippen LogP contribution in [0.1, 0.15) is 25.5 Å². The maximum atomic E-state index is 12.4. The van der Waals surface area contributed by atoms with Gasteiger partial charge in [-0.3, -0.25) is 4.79 Å². The molecule has 0 saturated carbocycles. The Balaban J connectivity index is 2.23. The molecule has 0 saturated heterocycles. The van der Waals surface area contributed by atoms with Crippen molar-refractivity contribution in [1.82, 2.24) is 14.3 Å². The fraction of sp³-hybridized carbons (Fsp3) is 0.286. The van der Waals surface area contributed by atoms with Gasteiger partial charge in [0.25, 0.3) is 10.0 Å². The van der Waals surface area contributed by atoms with E-state index in [-0.39, 0.29) is 16.1 Å². The van der Waals surface area contributed by atoms with Crippen molar-refractivity contribution in [1.29, 1.82) is 0 Å². The van der Waals surface area contributed by atoms with Gasteiger partial charge in [0.1, 0.15) is 5.15 Å². The largest absolute Gasteiger partial charge is 0.326 e. The Hall–Kier alpha value is -1.90. The van der Waals surface area contributed by atoms with E-state index >= 15 is 0 Å². The van der Waals surface area contributed by atoms with Crippen LogP contribution in [0.3, 0.4) is 0 Å². The summed E-state index contributed by atoms with van der Waals surface area (Å²) < 4.78 is 28.7. The minimum absolute atomic E-state index is 0.0386. The Kier molecular flexibility index (Phi) is 5.08. The highest BCUT2D eigenvalue weighted by atomic mass is 35.5. The summed E-state index contributed by atoms with van der Waals surface area (Å²) in [4.78, 5) is 14.9. The molecule has 0 fully saturated rings. The fourth-order valence-corrected chi connectivity index (χ4v) is 3.68. The third kappa shape index (κ3) is 4.10. The fourth-order valence-electron chi connectivity index (χ4n) is 2.02. The Bertz CT molecular complexity index is 832. The summed E-state index contributed by atoms with van der Waals surface area (Å²) in [6.45, 7) is 3.10. The van der Waals surface area contributed by atoms with Gasteiger partial charge in [0, 0.05) is 25.7 Å². The molecule has 0 aliphatic rings. The second-order valence-electron chi connectivity index (χ2n) is 5.10. The van der Waals surface area contributed by atoms with Gasteiger partial charge < -0.3 is 9.88 Å². The number of anilines is 1. The summed E-state index contributed by atoms with van der Waals surface area (Å²) in [7, 11) is -2.25. The molecule has 0 radical (unpaired) electrons. The van der Waals surface area contributed by atoms with Gasteiger partial charge in [0.2, 0.25) is 10.9 Å². The van der Waals surface area contributed by atoms with Gasteiger partial charge in [-0.15, -0.1) is 0 Å². The SMILES string of the molecule is CC(=O)Nc1cccc(C(C)NS(=O)(=O)c2ncn(C)c2Cl)c1. The van der Waals surface area contributed by atoms with E-state index in [1.54, 1.807) is 38.2 Å². The average molecular weight is 357 g/mol. The first-order valence-electron chi connectivity index (χ1n) is 6.77. The van der Waals surface area contributed by atoms with E-state index in [4.69, 9.17) is 11.6 Å². The number of hydrogen-bond acceptors (Lipinski definition) is 4. The molecule has 0 spiro atoms. The molecule has 1 aromatic heterocycles. The molecule has 2 aromatic rings. The van der Waals surface area contributed by atoms with Crippen molar-refractivity contribution in [3.05, 3.63) is 41.3 Å². The van der Waals surface area contributed by atoms with Crippen molar-refractivity contribution in [2.75, 3.05) is 5.32 Å². The van der Waals surface area contributed by atoms with Crippen LogP contribution in [-0.2, 0) is 21.9 Å². The molecule has 9 heteroatoms. The summed E-state index contributed by atoms with van der Waals surface area (Å²) in [5.74, 6) is -0.198. The number of halogens is 1. The van der Waals surface area contributed by atoms with Crippen LogP contribution in [0.25, 0.3) is 0 Å². The van der Waals surface area contributed by atoms with Crippen LogP contribution >= 0.6 is 11.6 Å². The molecule has 124 valence electrons. The van der Waals surface area contributed by atoms with Crippen LogP contribution in [0.5, 0.6) is 0 Å². The predicted octanol–water partition coefficient (Wildman–Crippen LogP) is 2.07. The molecule has 0 bridgehead atoms. The van der Waals surface area contributed by atoms with Crippen molar-refractivity contribution in [2.24, 2.45) is 7.05 Å². The van der Waals surface area contributed by atoms with Gasteiger partial charge in [0.15, 0.2) is 0 Å².